The van der Waals surface area contributed by atoms with Crippen molar-refractivity contribution in [2.75, 3.05) is 28.6 Å². The highest BCUT2D eigenvalue weighted by molar-refractivity contribution is 6.31. The largest absolute Gasteiger partial charge is 0.372 e. The summed E-state index contributed by atoms with van der Waals surface area (Å²) in [5.74, 6) is -1.49. The number of halogens is 2. The first-order valence-electron chi connectivity index (χ1n) is 8.91. The first-order valence-corrected chi connectivity index (χ1v) is 9.29. The minimum Gasteiger partial charge on any atom is -0.372 e. The topological polar surface area (TPSA) is 61.4 Å². The summed E-state index contributed by atoms with van der Waals surface area (Å²) >= 11 is 5.67. The molecule has 2 aromatic rings. The molecule has 2 N–H and O–H groups in total. The predicted octanol–water partition coefficient (Wildman–Crippen LogP) is 4.44. The molecule has 1 heterocycles. The third-order valence-electron chi connectivity index (χ3n) is 4.40. The molecule has 0 radical (unpaired) electrons. The van der Waals surface area contributed by atoms with Crippen LogP contribution in [0, 0.1) is 5.82 Å². The molecule has 7 heteroatoms. The summed E-state index contributed by atoms with van der Waals surface area (Å²) in [5.41, 5.74) is 2.11. The fourth-order valence-corrected chi connectivity index (χ4v) is 3.22. The average Bonchev–Trinajstić information content (AvgIpc) is 2.66. The number of carbonyl (C=O) groups is 2. The second-order valence-electron chi connectivity index (χ2n) is 6.50. The molecule has 0 spiro atoms. The second kappa shape index (κ2) is 8.86. The van der Waals surface area contributed by atoms with Gasteiger partial charge in [0.05, 0.1) is 5.02 Å². The Hall–Kier alpha value is -2.60. The van der Waals surface area contributed by atoms with Gasteiger partial charge in [0.2, 0.25) is 11.8 Å². The SMILES string of the molecule is O=C(CC(=O)Nc1ccc(F)c(Cl)c1)Nc1ccc(N2CCCCC2)cc1. The van der Waals surface area contributed by atoms with Gasteiger partial charge in [0.1, 0.15) is 12.2 Å². The van der Waals surface area contributed by atoms with Crippen molar-refractivity contribution < 1.29 is 14.0 Å². The summed E-state index contributed by atoms with van der Waals surface area (Å²) < 4.78 is 13.1. The van der Waals surface area contributed by atoms with Crippen LogP contribution in [0.3, 0.4) is 0 Å². The lowest BCUT2D eigenvalue weighted by molar-refractivity contribution is -0.123. The van der Waals surface area contributed by atoms with Gasteiger partial charge in [-0.3, -0.25) is 9.59 Å². The molecule has 2 amide bonds. The van der Waals surface area contributed by atoms with Crippen molar-refractivity contribution in [2.45, 2.75) is 25.7 Å². The third kappa shape index (κ3) is 5.44. The van der Waals surface area contributed by atoms with E-state index in [0.717, 1.165) is 24.8 Å². The summed E-state index contributed by atoms with van der Waals surface area (Å²) in [6, 6.07) is 11.5. The van der Waals surface area contributed by atoms with E-state index in [4.69, 9.17) is 11.6 Å². The normalized spacial score (nSPS) is 13.9. The van der Waals surface area contributed by atoms with Crippen LogP contribution < -0.4 is 15.5 Å². The van der Waals surface area contributed by atoms with E-state index in [0.29, 0.717) is 11.4 Å². The summed E-state index contributed by atoms with van der Waals surface area (Å²) in [7, 11) is 0. The average molecular weight is 390 g/mol. The number of rotatable bonds is 5. The molecule has 142 valence electrons. The van der Waals surface area contributed by atoms with Gasteiger partial charge in [-0.1, -0.05) is 11.6 Å². The Morgan fingerprint density at radius 1 is 0.926 bits per heavy atom. The van der Waals surface area contributed by atoms with Crippen molar-refractivity contribution in [2.24, 2.45) is 0 Å². The third-order valence-corrected chi connectivity index (χ3v) is 4.69. The van der Waals surface area contributed by atoms with Crippen molar-refractivity contribution in [3.63, 3.8) is 0 Å². The Balaban J connectivity index is 1.50. The number of benzene rings is 2. The molecule has 0 atom stereocenters. The van der Waals surface area contributed by atoms with E-state index in [-0.39, 0.29) is 11.4 Å². The quantitative estimate of drug-likeness (QED) is 0.743. The molecule has 5 nitrogen and oxygen atoms in total. The smallest absolute Gasteiger partial charge is 0.233 e. The summed E-state index contributed by atoms with van der Waals surface area (Å²) in [5, 5.41) is 5.13. The molecule has 0 bridgehead atoms. The Morgan fingerprint density at radius 3 is 2.15 bits per heavy atom. The van der Waals surface area contributed by atoms with Crippen LogP contribution in [0.4, 0.5) is 21.5 Å². The maximum absolute atomic E-state index is 13.1. The molecule has 0 aromatic heterocycles. The van der Waals surface area contributed by atoms with Crippen LogP contribution >= 0.6 is 11.6 Å². The lowest BCUT2D eigenvalue weighted by Gasteiger charge is -2.28. The maximum Gasteiger partial charge on any atom is 0.233 e. The van der Waals surface area contributed by atoms with Gasteiger partial charge in [-0.2, -0.15) is 0 Å². The maximum atomic E-state index is 13.1. The Labute approximate surface area is 162 Å². The standard InChI is InChI=1S/C20H21ClFN3O2/c21-17-12-15(6-9-18(17)22)24-20(27)13-19(26)23-14-4-7-16(8-5-14)25-10-2-1-3-11-25/h4-9,12H,1-3,10-11,13H2,(H,23,26)(H,24,27). The van der Waals surface area contributed by atoms with Crippen molar-refractivity contribution in [3.8, 4) is 0 Å². The summed E-state index contributed by atoms with van der Waals surface area (Å²) in [4.78, 5) is 26.3. The number of anilines is 3. The van der Waals surface area contributed by atoms with Gasteiger partial charge in [-0.15, -0.1) is 0 Å². The lowest BCUT2D eigenvalue weighted by Crippen LogP contribution is -2.29. The Kier molecular flexibility index (Phi) is 6.29. The predicted molar refractivity (Wildman–Crippen MR) is 106 cm³/mol. The highest BCUT2D eigenvalue weighted by atomic mass is 35.5. The van der Waals surface area contributed by atoms with Crippen molar-refractivity contribution in [1.29, 1.82) is 0 Å². The van der Waals surface area contributed by atoms with Crippen LogP contribution in [0.1, 0.15) is 25.7 Å². The van der Waals surface area contributed by atoms with Crippen LogP contribution in [-0.2, 0) is 9.59 Å². The number of nitrogens with one attached hydrogen (secondary N) is 2. The zero-order chi connectivity index (χ0) is 19.2. The minimum atomic E-state index is -0.569. The molecule has 1 fully saturated rings. The molecular formula is C20H21ClFN3O2. The van der Waals surface area contributed by atoms with Gasteiger partial charge < -0.3 is 15.5 Å². The van der Waals surface area contributed by atoms with Crippen LogP contribution in [0.2, 0.25) is 5.02 Å². The number of amides is 2. The second-order valence-corrected chi connectivity index (χ2v) is 6.90. The zero-order valence-corrected chi connectivity index (χ0v) is 15.6. The zero-order valence-electron chi connectivity index (χ0n) is 14.8. The fourth-order valence-electron chi connectivity index (χ4n) is 3.04. The Bertz CT molecular complexity index is 820. The molecule has 1 aliphatic rings. The van der Waals surface area contributed by atoms with Crippen molar-refractivity contribution >= 4 is 40.5 Å². The van der Waals surface area contributed by atoms with Crippen molar-refractivity contribution in [3.05, 3.63) is 53.3 Å². The minimum absolute atomic E-state index is 0.0916. The molecule has 0 saturated carbocycles. The van der Waals surface area contributed by atoms with E-state index in [9.17, 15) is 14.0 Å². The van der Waals surface area contributed by atoms with Crippen molar-refractivity contribution in [1.82, 2.24) is 0 Å². The van der Waals surface area contributed by atoms with Gasteiger partial charge in [-0.25, -0.2) is 4.39 Å². The van der Waals surface area contributed by atoms with E-state index in [1.54, 1.807) is 0 Å². The number of hydrogen-bond acceptors (Lipinski definition) is 3. The Morgan fingerprint density at radius 2 is 1.52 bits per heavy atom. The fraction of sp³-hybridized carbons (Fsp3) is 0.300. The molecule has 2 aromatic carbocycles. The van der Waals surface area contributed by atoms with E-state index < -0.39 is 17.6 Å². The highest BCUT2D eigenvalue weighted by Crippen LogP contribution is 2.22. The molecular weight excluding hydrogens is 369 g/mol. The molecule has 0 unspecified atom stereocenters. The van der Waals surface area contributed by atoms with Gasteiger partial charge >= 0.3 is 0 Å². The van der Waals surface area contributed by atoms with E-state index in [2.05, 4.69) is 15.5 Å². The van der Waals surface area contributed by atoms with Crippen LogP contribution in [-0.4, -0.2) is 24.9 Å². The number of hydrogen-bond donors (Lipinski definition) is 2. The number of nitrogens with zero attached hydrogens (tertiary/aromatic N) is 1. The van der Waals surface area contributed by atoms with Crippen LogP contribution in [0.15, 0.2) is 42.5 Å². The van der Waals surface area contributed by atoms with Gasteiger partial charge in [-0.05, 0) is 61.7 Å². The first-order chi connectivity index (χ1) is 13.0. The van der Waals surface area contributed by atoms with Crippen LogP contribution in [0.5, 0.6) is 0 Å². The monoisotopic (exact) mass is 389 g/mol. The van der Waals surface area contributed by atoms with E-state index in [1.807, 2.05) is 24.3 Å². The molecule has 27 heavy (non-hydrogen) atoms. The molecule has 0 aliphatic carbocycles. The van der Waals surface area contributed by atoms with E-state index in [1.165, 1.54) is 31.4 Å². The number of carbonyl (C=O) groups excluding carboxylic acids is 2. The summed E-state index contributed by atoms with van der Waals surface area (Å²) in [6.07, 6.45) is 3.33. The van der Waals surface area contributed by atoms with E-state index >= 15 is 0 Å². The first kappa shape index (κ1) is 19.2. The molecule has 1 aliphatic heterocycles. The summed E-state index contributed by atoms with van der Waals surface area (Å²) in [6.45, 7) is 2.11. The molecule has 3 rings (SSSR count). The van der Waals surface area contributed by atoms with Gasteiger partial charge in [0.25, 0.3) is 0 Å². The van der Waals surface area contributed by atoms with Gasteiger partial charge in [0.15, 0.2) is 0 Å². The number of piperidine rings is 1. The lowest BCUT2D eigenvalue weighted by atomic mass is 10.1. The highest BCUT2D eigenvalue weighted by Gasteiger charge is 2.13. The van der Waals surface area contributed by atoms with Gasteiger partial charge in [0, 0.05) is 30.2 Å². The van der Waals surface area contributed by atoms with Crippen LogP contribution in [0.25, 0.3) is 0 Å². The molecule has 1 saturated heterocycles.